The number of para-hydroxylation sites is 1. The summed E-state index contributed by atoms with van der Waals surface area (Å²) in [5.74, 6) is 1.00. The molecule has 1 aromatic carbocycles. The van der Waals surface area contributed by atoms with Gasteiger partial charge in [-0.15, -0.1) is 0 Å². The number of hydrogen-bond acceptors (Lipinski definition) is 3. The predicted molar refractivity (Wildman–Crippen MR) is 71.1 cm³/mol. The maximum Gasteiger partial charge on any atom is 0.134 e. The second kappa shape index (κ2) is 6.42. The Morgan fingerprint density at radius 2 is 1.88 bits per heavy atom. The summed E-state index contributed by atoms with van der Waals surface area (Å²) in [6.07, 6.45) is 1.18. The van der Waals surface area contributed by atoms with Gasteiger partial charge in [-0.3, -0.25) is 0 Å². The Bertz CT molecular complexity index is 417. The molecule has 1 aromatic heterocycles. The molecule has 0 aliphatic carbocycles. The first-order valence-corrected chi connectivity index (χ1v) is 6.29. The summed E-state index contributed by atoms with van der Waals surface area (Å²) in [5.41, 5.74) is 0.966. The van der Waals surface area contributed by atoms with E-state index >= 15 is 0 Å². The van der Waals surface area contributed by atoms with Crippen LogP contribution in [-0.4, -0.2) is 19.6 Å². The molecule has 0 unspecified atom stereocenters. The average Bonchev–Trinajstić information content (AvgIpc) is 2.76. The third-order valence-corrected chi connectivity index (χ3v) is 2.68. The SMILES string of the molecule is CCCNCCNCc1cc2ccccc2o1. The van der Waals surface area contributed by atoms with Crippen molar-refractivity contribution in [3.8, 4) is 0 Å². The molecule has 0 radical (unpaired) electrons. The largest absolute Gasteiger partial charge is 0.460 e. The van der Waals surface area contributed by atoms with Gasteiger partial charge in [0.05, 0.1) is 6.54 Å². The van der Waals surface area contributed by atoms with Crippen LogP contribution in [0.1, 0.15) is 19.1 Å². The molecule has 3 nitrogen and oxygen atoms in total. The molecule has 0 aliphatic heterocycles. The molecule has 0 saturated carbocycles. The highest BCUT2D eigenvalue weighted by molar-refractivity contribution is 5.77. The highest BCUT2D eigenvalue weighted by Gasteiger charge is 2.01. The Hall–Kier alpha value is -1.32. The van der Waals surface area contributed by atoms with E-state index < -0.39 is 0 Å². The number of benzene rings is 1. The zero-order chi connectivity index (χ0) is 11.9. The van der Waals surface area contributed by atoms with Gasteiger partial charge in [-0.1, -0.05) is 25.1 Å². The Morgan fingerprint density at radius 3 is 2.71 bits per heavy atom. The van der Waals surface area contributed by atoms with Crippen LogP contribution in [0.3, 0.4) is 0 Å². The molecule has 92 valence electrons. The van der Waals surface area contributed by atoms with Gasteiger partial charge in [0.1, 0.15) is 11.3 Å². The lowest BCUT2D eigenvalue weighted by molar-refractivity contribution is 0.508. The van der Waals surface area contributed by atoms with Crippen LogP contribution in [0.2, 0.25) is 0 Å². The first kappa shape index (κ1) is 12.1. The Labute approximate surface area is 102 Å². The van der Waals surface area contributed by atoms with Crippen LogP contribution in [0.25, 0.3) is 11.0 Å². The second-order valence-corrected chi connectivity index (χ2v) is 4.18. The van der Waals surface area contributed by atoms with Crippen molar-refractivity contribution in [1.29, 1.82) is 0 Å². The van der Waals surface area contributed by atoms with Crippen molar-refractivity contribution in [3.05, 3.63) is 36.1 Å². The minimum Gasteiger partial charge on any atom is -0.460 e. The summed E-state index contributed by atoms with van der Waals surface area (Å²) in [6.45, 7) is 6.04. The Kier molecular flexibility index (Phi) is 4.59. The monoisotopic (exact) mass is 232 g/mol. The molecule has 0 amide bonds. The van der Waals surface area contributed by atoms with E-state index in [0.29, 0.717) is 0 Å². The molecule has 0 fully saturated rings. The minimum absolute atomic E-state index is 0.794. The minimum atomic E-state index is 0.794. The van der Waals surface area contributed by atoms with Crippen molar-refractivity contribution in [1.82, 2.24) is 10.6 Å². The van der Waals surface area contributed by atoms with E-state index in [0.717, 1.165) is 37.5 Å². The summed E-state index contributed by atoms with van der Waals surface area (Å²) in [5, 5.41) is 7.89. The first-order chi connectivity index (χ1) is 8.40. The summed E-state index contributed by atoms with van der Waals surface area (Å²) >= 11 is 0. The lowest BCUT2D eigenvalue weighted by atomic mass is 10.2. The molecule has 0 aliphatic rings. The van der Waals surface area contributed by atoms with Crippen LogP contribution in [0.5, 0.6) is 0 Å². The number of fused-ring (bicyclic) bond motifs is 1. The van der Waals surface area contributed by atoms with Gasteiger partial charge in [0, 0.05) is 18.5 Å². The van der Waals surface area contributed by atoms with E-state index in [4.69, 9.17) is 4.42 Å². The summed E-state index contributed by atoms with van der Waals surface area (Å²) in [4.78, 5) is 0. The molecule has 2 rings (SSSR count). The Morgan fingerprint density at radius 1 is 1.06 bits per heavy atom. The van der Waals surface area contributed by atoms with Gasteiger partial charge in [-0.25, -0.2) is 0 Å². The van der Waals surface area contributed by atoms with Gasteiger partial charge in [0.2, 0.25) is 0 Å². The van der Waals surface area contributed by atoms with Gasteiger partial charge in [0.15, 0.2) is 0 Å². The quantitative estimate of drug-likeness (QED) is 0.720. The standard InChI is InChI=1S/C14H20N2O/c1-2-7-15-8-9-16-11-13-10-12-5-3-4-6-14(12)17-13/h3-6,10,15-16H,2,7-9,11H2,1H3. The average molecular weight is 232 g/mol. The van der Waals surface area contributed by atoms with Crippen molar-refractivity contribution in [2.45, 2.75) is 19.9 Å². The molecule has 2 aromatic rings. The fraction of sp³-hybridized carbons (Fsp3) is 0.429. The number of rotatable bonds is 7. The number of hydrogen-bond donors (Lipinski definition) is 2. The van der Waals surface area contributed by atoms with E-state index in [9.17, 15) is 0 Å². The molecular weight excluding hydrogens is 212 g/mol. The van der Waals surface area contributed by atoms with E-state index in [1.54, 1.807) is 0 Å². The highest BCUT2D eigenvalue weighted by Crippen LogP contribution is 2.18. The van der Waals surface area contributed by atoms with Crippen LogP contribution in [0, 0.1) is 0 Å². The van der Waals surface area contributed by atoms with Gasteiger partial charge in [0.25, 0.3) is 0 Å². The molecule has 17 heavy (non-hydrogen) atoms. The molecule has 1 heterocycles. The zero-order valence-corrected chi connectivity index (χ0v) is 10.3. The Balaban J connectivity index is 1.75. The first-order valence-electron chi connectivity index (χ1n) is 6.29. The third kappa shape index (κ3) is 3.58. The molecule has 0 saturated heterocycles. The van der Waals surface area contributed by atoms with Crippen molar-refractivity contribution in [3.63, 3.8) is 0 Å². The van der Waals surface area contributed by atoms with Gasteiger partial charge in [-0.2, -0.15) is 0 Å². The smallest absolute Gasteiger partial charge is 0.134 e. The van der Waals surface area contributed by atoms with E-state index in [1.807, 2.05) is 18.2 Å². The van der Waals surface area contributed by atoms with Crippen LogP contribution < -0.4 is 10.6 Å². The molecule has 0 atom stereocenters. The lowest BCUT2D eigenvalue weighted by Crippen LogP contribution is -2.27. The number of furan rings is 1. The topological polar surface area (TPSA) is 37.2 Å². The second-order valence-electron chi connectivity index (χ2n) is 4.18. The van der Waals surface area contributed by atoms with Crippen LogP contribution in [0.4, 0.5) is 0 Å². The molecule has 0 bridgehead atoms. The van der Waals surface area contributed by atoms with Crippen LogP contribution >= 0.6 is 0 Å². The molecule has 3 heteroatoms. The van der Waals surface area contributed by atoms with E-state index in [-0.39, 0.29) is 0 Å². The summed E-state index contributed by atoms with van der Waals surface area (Å²) in [6, 6.07) is 10.2. The lowest BCUT2D eigenvalue weighted by Gasteiger charge is -2.03. The van der Waals surface area contributed by atoms with Crippen molar-refractivity contribution >= 4 is 11.0 Å². The number of nitrogens with one attached hydrogen (secondary N) is 2. The van der Waals surface area contributed by atoms with Gasteiger partial charge < -0.3 is 15.1 Å². The predicted octanol–water partition coefficient (Wildman–Crippen LogP) is 2.52. The molecule has 2 N–H and O–H groups in total. The van der Waals surface area contributed by atoms with Gasteiger partial charge in [-0.05, 0) is 25.1 Å². The van der Waals surface area contributed by atoms with Crippen LogP contribution in [-0.2, 0) is 6.54 Å². The fourth-order valence-electron chi connectivity index (χ4n) is 1.81. The zero-order valence-electron chi connectivity index (χ0n) is 10.3. The molecular formula is C14H20N2O. The van der Waals surface area contributed by atoms with Gasteiger partial charge >= 0.3 is 0 Å². The molecule has 0 spiro atoms. The van der Waals surface area contributed by atoms with E-state index in [2.05, 4.69) is 29.7 Å². The normalized spacial score (nSPS) is 11.1. The van der Waals surface area contributed by atoms with E-state index in [1.165, 1.54) is 11.8 Å². The maximum atomic E-state index is 5.71. The highest BCUT2D eigenvalue weighted by atomic mass is 16.3. The summed E-state index contributed by atoms with van der Waals surface area (Å²) < 4.78 is 5.71. The fourth-order valence-corrected chi connectivity index (χ4v) is 1.81. The summed E-state index contributed by atoms with van der Waals surface area (Å²) in [7, 11) is 0. The maximum absolute atomic E-state index is 5.71. The van der Waals surface area contributed by atoms with Crippen LogP contribution in [0.15, 0.2) is 34.7 Å². The van der Waals surface area contributed by atoms with Crippen molar-refractivity contribution < 1.29 is 4.42 Å². The van der Waals surface area contributed by atoms with Crippen molar-refractivity contribution in [2.75, 3.05) is 19.6 Å². The van der Waals surface area contributed by atoms with Crippen molar-refractivity contribution in [2.24, 2.45) is 0 Å². The third-order valence-electron chi connectivity index (χ3n) is 2.68.